The Kier molecular flexibility index (Phi) is 7.21. The van der Waals surface area contributed by atoms with Crippen LogP contribution >= 0.6 is 0 Å². The second kappa shape index (κ2) is 10.0. The monoisotopic (exact) mass is 474 g/mol. The summed E-state index contributed by atoms with van der Waals surface area (Å²) in [5, 5.41) is 0. The maximum absolute atomic E-state index is 13.7. The van der Waals surface area contributed by atoms with Gasteiger partial charge in [-0.25, -0.2) is 9.59 Å². The van der Waals surface area contributed by atoms with E-state index in [4.69, 9.17) is 9.47 Å². The summed E-state index contributed by atoms with van der Waals surface area (Å²) >= 11 is 0. The molecule has 2 aromatic rings. The standard InChI is InChI=1S/C31H38O4/c1-7-19-11-13-21(9-3)25(17-19)34-29(32)27-23-15-16-24(31(23,5)6)28(27)30(33)35-26-18-20(8-2)12-14-22(26)10-4/h11-14,17-18,23-24H,7-10,15-16H2,1-6H3. The first kappa shape index (κ1) is 25.2. The molecule has 0 heterocycles. The van der Waals surface area contributed by atoms with Gasteiger partial charge in [-0.1, -0.05) is 65.8 Å². The van der Waals surface area contributed by atoms with Gasteiger partial charge in [0, 0.05) is 0 Å². The number of benzene rings is 2. The highest BCUT2D eigenvalue weighted by Gasteiger charge is 2.57. The molecule has 2 aliphatic rings. The van der Waals surface area contributed by atoms with Gasteiger partial charge in [-0.2, -0.15) is 0 Å². The first-order chi connectivity index (χ1) is 16.7. The number of hydrogen-bond donors (Lipinski definition) is 0. The molecule has 0 saturated heterocycles. The molecule has 1 fully saturated rings. The Morgan fingerprint density at radius 3 is 1.46 bits per heavy atom. The summed E-state index contributed by atoms with van der Waals surface area (Å²) in [6, 6.07) is 12.1. The number of ether oxygens (including phenoxy) is 2. The third-order valence-electron chi connectivity index (χ3n) is 8.21. The summed E-state index contributed by atoms with van der Waals surface area (Å²) in [7, 11) is 0. The molecule has 0 aliphatic heterocycles. The molecular formula is C31H38O4. The first-order valence-electron chi connectivity index (χ1n) is 13.2. The number of rotatable bonds is 8. The molecule has 2 aromatic carbocycles. The van der Waals surface area contributed by atoms with Gasteiger partial charge in [0.05, 0.1) is 11.1 Å². The molecule has 2 unspecified atom stereocenters. The van der Waals surface area contributed by atoms with Crippen LogP contribution in [0.25, 0.3) is 0 Å². The fourth-order valence-electron chi connectivity index (χ4n) is 5.95. The zero-order valence-corrected chi connectivity index (χ0v) is 22.0. The largest absolute Gasteiger partial charge is 0.423 e. The second-order valence-electron chi connectivity index (χ2n) is 10.4. The summed E-state index contributed by atoms with van der Waals surface area (Å²) in [6.45, 7) is 12.6. The van der Waals surface area contributed by atoms with Crippen LogP contribution in [0.15, 0.2) is 47.5 Å². The van der Waals surface area contributed by atoms with Gasteiger partial charge < -0.3 is 9.47 Å². The van der Waals surface area contributed by atoms with Crippen molar-refractivity contribution >= 4 is 11.9 Å². The van der Waals surface area contributed by atoms with Crippen LogP contribution in [0.5, 0.6) is 11.5 Å². The van der Waals surface area contributed by atoms with Gasteiger partial charge in [0.2, 0.25) is 0 Å². The summed E-state index contributed by atoms with van der Waals surface area (Å²) in [5.41, 5.74) is 5.08. The van der Waals surface area contributed by atoms with Crippen molar-refractivity contribution in [3.05, 3.63) is 69.8 Å². The van der Waals surface area contributed by atoms with E-state index in [0.717, 1.165) is 60.8 Å². The average Bonchev–Trinajstić information content (AvgIpc) is 3.28. The molecule has 2 bridgehead atoms. The molecule has 0 spiro atoms. The minimum atomic E-state index is -0.404. The molecule has 2 atom stereocenters. The second-order valence-corrected chi connectivity index (χ2v) is 10.4. The van der Waals surface area contributed by atoms with E-state index in [2.05, 4.69) is 53.7 Å². The third-order valence-corrected chi connectivity index (χ3v) is 8.21. The van der Waals surface area contributed by atoms with E-state index in [0.29, 0.717) is 22.6 Å². The Balaban J connectivity index is 1.71. The van der Waals surface area contributed by atoms with Crippen LogP contribution in [0.2, 0.25) is 0 Å². The van der Waals surface area contributed by atoms with E-state index in [1.165, 1.54) is 0 Å². The Labute approximate surface area is 209 Å². The molecule has 186 valence electrons. The number of carbonyl (C=O) groups is 2. The van der Waals surface area contributed by atoms with Crippen molar-refractivity contribution in [1.82, 2.24) is 0 Å². The van der Waals surface area contributed by atoms with Crippen LogP contribution in [-0.2, 0) is 35.3 Å². The van der Waals surface area contributed by atoms with Crippen LogP contribution in [-0.4, -0.2) is 11.9 Å². The van der Waals surface area contributed by atoms with Crippen molar-refractivity contribution in [2.45, 2.75) is 80.1 Å². The Morgan fingerprint density at radius 2 is 1.11 bits per heavy atom. The van der Waals surface area contributed by atoms with Gasteiger partial charge in [-0.05, 0) is 90.2 Å². The summed E-state index contributed by atoms with van der Waals surface area (Å²) in [5.74, 6) is 0.378. The maximum atomic E-state index is 13.7. The minimum absolute atomic E-state index is 0.00499. The molecule has 35 heavy (non-hydrogen) atoms. The third kappa shape index (κ3) is 4.55. The first-order valence-corrected chi connectivity index (χ1v) is 13.2. The molecule has 4 nitrogen and oxygen atoms in total. The van der Waals surface area contributed by atoms with Crippen LogP contribution in [0.1, 0.15) is 76.6 Å². The lowest BCUT2D eigenvalue weighted by Gasteiger charge is -2.25. The lowest BCUT2D eigenvalue weighted by Crippen LogP contribution is -2.24. The Morgan fingerprint density at radius 1 is 0.714 bits per heavy atom. The highest BCUT2D eigenvalue weighted by molar-refractivity contribution is 6.04. The fourth-order valence-corrected chi connectivity index (χ4v) is 5.95. The molecule has 0 N–H and O–H groups in total. The zero-order chi connectivity index (χ0) is 25.3. The summed E-state index contributed by atoms with van der Waals surface area (Å²) in [4.78, 5) is 27.3. The van der Waals surface area contributed by atoms with E-state index in [-0.39, 0.29) is 17.3 Å². The highest BCUT2D eigenvalue weighted by atomic mass is 16.5. The van der Waals surface area contributed by atoms with Crippen molar-refractivity contribution in [3.63, 3.8) is 0 Å². The lowest BCUT2D eigenvalue weighted by atomic mass is 9.79. The minimum Gasteiger partial charge on any atom is -0.423 e. The molecule has 0 amide bonds. The molecule has 2 aliphatic carbocycles. The predicted molar refractivity (Wildman–Crippen MR) is 139 cm³/mol. The lowest BCUT2D eigenvalue weighted by molar-refractivity contribution is -0.133. The van der Waals surface area contributed by atoms with E-state index in [9.17, 15) is 9.59 Å². The number of aryl methyl sites for hydroxylation is 4. The van der Waals surface area contributed by atoms with Gasteiger partial charge in [0.25, 0.3) is 0 Å². The quantitative estimate of drug-likeness (QED) is 0.311. The summed E-state index contributed by atoms with van der Waals surface area (Å²) in [6.07, 6.45) is 5.05. The van der Waals surface area contributed by atoms with Crippen LogP contribution in [0.3, 0.4) is 0 Å². The molecular weight excluding hydrogens is 436 g/mol. The van der Waals surface area contributed by atoms with Gasteiger partial charge in [0.1, 0.15) is 11.5 Å². The van der Waals surface area contributed by atoms with Gasteiger partial charge in [-0.15, -0.1) is 0 Å². The normalized spacial score (nSPS) is 20.3. The zero-order valence-electron chi connectivity index (χ0n) is 22.0. The number of carbonyl (C=O) groups excluding carboxylic acids is 2. The number of fused-ring (bicyclic) bond motifs is 2. The predicted octanol–water partition coefficient (Wildman–Crippen LogP) is 6.81. The number of esters is 2. The Hall–Kier alpha value is -2.88. The van der Waals surface area contributed by atoms with Gasteiger partial charge in [-0.3, -0.25) is 0 Å². The van der Waals surface area contributed by atoms with Crippen molar-refractivity contribution < 1.29 is 19.1 Å². The van der Waals surface area contributed by atoms with Crippen molar-refractivity contribution in [2.24, 2.45) is 17.3 Å². The average molecular weight is 475 g/mol. The molecule has 0 radical (unpaired) electrons. The highest BCUT2D eigenvalue weighted by Crippen LogP contribution is 2.60. The van der Waals surface area contributed by atoms with Crippen molar-refractivity contribution in [3.8, 4) is 11.5 Å². The smallest absolute Gasteiger partial charge is 0.340 e. The topological polar surface area (TPSA) is 52.6 Å². The maximum Gasteiger partial charge on any atom is 0.340 e. The van der Waals surface area contributed by atoms with Gasteiger partial charge >= 0.3 is 11.9 Å². The Bertz CT molecular complexity index is 1080. The van der Waals surface area contributed by atoms with Gasteiger partial charge in [0.15, 0.2) is 0 Å². The summed E-state index contributed by atoms with van der Waals surface area (Å²) < 4.78 is 12.0. The van der Waals surface area contributed by atoms with Crippen LogP contribution in [0.4, 0.5) is 0 Å². The van der Waals surface area contributed by atoms with E-state index < -0.39 is 11.9 Å². The van der Waals surface area contributed by atoms with E-state index in [1.54, 1.807) is 0 Å². The van der Waals surface area contributed by atoms with Crippen molar-refractivity contribution in [1.29, 1.82) is 0 Å². The molecule has 4 heteroatoms. The van der Waals surface area contributed by atoms with Crippen LogP contribution in [0, 0.1) is 17.3 Å². The van der Waals surface area contributed by atoms with E-state index >= 15 is 0 Å². The van der Waals surface area contributed by atoms with Crippen molar-refractivity contribution in [2.75, 3.05) is 0 Å². The van der Waals surface area contributed by atoms with E-state index in [1.807, 2.05) is 24.3 Å². The molecule has 1 saturated carbocycles. The van der Waals surface area contributed by atoms with Crippen LogP contribution < -0.4 is 9.47 Å². The number of hydrogen-bond acceptors (Lipinski definition) is 4. The molecule has 0 aromatic heterocycles. The SMILES string of the molecule is CCc1ccc(CC)c(OC(=O)C2=C(C(=O)Oc3cc(CC)ccc3CC)C3CCC2C3(C)C)c1. The fraction of sp³-hybridized carbons (Fsp3) is 0.484. The molecule has 4 rings (SSSR count).